The summed E-state index contributed by atoms with van der Waals surface area (Å²) in [6, 6.07) is 0. The zero-order valence-corrected chi connectivity index (χ0v) is 15.1. The lowest BCUT2D eigenvalue weighted by atomic mass is 9.34. The van der Waals surface area contributed by atoms with Crippen LogP contribution in [0.2, 0.25) is 0 Å². The molecule has 6 nitrogen and oxygen atoms in total. The van der Waals surface area contributed by atoms with E-state index >= 15 is 0 Å². The molecule has 4 saturated carbocycles. The average molecular weight is 362 g/mol. The van der Waals surface area contributed by atoms with Crippen molar-refractivity contribution >= 4 is 5.78 Å². The first-order valence-electron chi connectivity index (χ1n) is 9.79. The van der Waals surface area contributed by atoms with E-state index in [9.17, 15) is 20.1 Å². The molecule has 4 heterocycles. The molecule has 3 N–H and O–H groups in total. The maximum absolute atomic E-state index is 13.5. The van der Waals surface area contributed by atoms with Gasteiger partial charge in [0.2, 0.25) is 5.79 Å². The molecule has 8 rings (SSSR count). The number of carbonyl (C=O) groups excluding carboxylic acids is 1. The summed E-state index contributed by atoms with van der Waals surface area (Å²) in [4.78, 5) is 13.5. The first-order chi connectivity index (χ1) is 12.1. The SMILES string of the molecule is C=C1C(=O)[C@@]23[C@@H]4O[C@H]5OC2(O)[C@@H](O)[C@@H]2C(C)(C)CCCC52[C@@H]3[C@@H](O)C[C@@H]14. The van der Waals surface area contributed by atoms with Gasteiger partial charge in [0, 0.05) is 23.2 Å². The molecule has 26 heavy (non-hydrogen) atoms. The molecule has 6 heteroatoms. The van der Waals surface area contributed by atoms with E-state index in [1.807, 2.05) is 0 Å². The van der Waals surface area contributed by atoms with Crippen molar-refractivity contribution in [1.82, 2.24) is 0 Å². The van der Waals surface area contributed by atoms with Crippen LogP contribution < -0.4 is 0 Å². The Hall–Kier alpha value is -0.790. The Bertz CT molecular complexity index is 761. The van der Waals surface area contributed by atoms with E-state index in [0.717, 1.165) is 19.3 Å². The fourth-order valence-electron chi connectivity index (χ4n) is 8.49. The third-order valence-corrected chi connectivity index (χ3v) is 9.04. The van der Waals surface area contributed by atoms with E-state index in [1.54, 1.807) is 0 Å². The highest BCUT2D eigenvalue weighted by Gasteiger charge is 2.92. The fourth-order valence-corrected chi connectivity index (χ4v) is 8.49. The summed E-state index contributed by atoms with van der Waals surface area (Å²) in [7, 11) is 0. The highest BCUT2D eigenvalue weighted by molar-refractivity contribution is 6.05. The molecule has 0 aromatic rings. The summed E-state index contributed by atoms with van der Waals surface area (Å²) in [5.74, 6) is -3.38. The number of ether oxygens (including phenoxy) is 2. The molecule has 0 aromatic carbocycles. The van der Waals surface area contributed by atoms with Gasteiger partial charge in [-0.2, -0.15) is 0 Å². The Kier molecular flexibility index (Phi) is 2.57. The lowest BCUT2D eigenvalue weighted by molar-refractivity contribution is -0.554. The minimum Gasteiger partial charge on any atom is -0.393 e. The van der Waals surface area contributed by atoms with Crippen molar-refractivity contribution in [3.63, 3.8) is 0 Å². The number of aliphatic hydroxyl groups is 3. The summed E-state index contributed by atoms with van der Waals surface area (Å²) in [6.07, 6.45) is -0.195. The topological polar surface area (TPSA) is 96.2 Å². The Morgan fingerprint density at radius 2 is 1.92 bits per heavy atom. The highest BCUT2D eigenvalue weighted by atomic mass is 16.8. The van der Waals surface area contributed by atoms with Crippen LogP contribution in [-0.2, 0) is 14.3 Å². The van der Waals surface area contributed by atoms with Crippen molar-refractivity contribution in [2.75, 3.05) is 0 Å². The molecule has 10 atom stereocenters. The second-order valence-electron chi connectivity index (χ2n) is 10.2. The van der Waals surface area contributed by atoms with Crippen LogP contribution in [0.1, 0.15) is 39.5 Å². The molecule has 0 amide bonds. The van der Waals surface area contributed by atoms with Gasteiger partial charge in [-0.15, -0.1) is 0 Å². The largest absolute Gasteiger partial charge is 0.393 e. The minimum atomic E-state index is -2.03. The molecule has 142 valence electrons. The predicted octanol–water partition coefficient (Wildman–Crippen LogP) is 0.740. The molecule has 4 aliphatic heterocycles. The van der Waals surface area contributed by atoms with Gasteiger partial charge in [0.05, 0.1) is 12.2 Å². The van der Waals surface area contributed by atoms with Crippen molar-refractivity contribution in [3.8, 4) is 0 Å². The number of ketones is 1. The summed E-state index contributed by atoms with van der Waals surface area (Å²) < 4.78 is 12.3. The van der Waals surface area contributed by atoms with Crippen molar-refractivity contribution in [1.29, 1.82) is 0 Å². The maximum Gasteiger partial charge on any atom is 0.211 e. The van der Waals surface area contributed by atoms with Gasteiger partial charge in [0.1, 0.15) is 11.5 Å². The lowest BCUT2D eigenvalue weighted by Gasteiger charge is -2.79. The van der Waals surface area contributed by atoms with E-state index < -0.39 is 47.1 Å². The summed E-state index contributed by atoms with van der Waals surface area (Å²) in [6.45, 7) is 8.16. The van der Waals surface area contributed by atoms with E-state index in [-0.39, 0.29) is 23.0 Å². The average Bonchev–Trinajstić information content (AvgIpc) is 2.70. The standard InChI is InChI=1S/C20H26O6/c1-8-9-7-10(21)11-18-6-4-5-17(2,3)12(18)14(23)20(24)19(11,13(8)22)15(9)25-16(18)26-20/h9-12,14-16,21,23-24H,1,4-7H2,2-3H3/t9-,10-,11-,12+,14-,15+,16-,18?,19-,20?/m0/s1. The molecule has 8 aliphatic rings. The van der Waals surface area contributed by atoms with Crippen LogP contribution in [0, 0.1) is 34.0 Å². The zero-order chi connectivity index (χ0) is 18.4. The molecular weight excluding hydrogens is 336 g/mol. The van der Waals surface area contributed by atoms with Crippen LogP contribution in [0.3, 0.4) is 0 Å². The van der Waals surface area contributed by atoms with E-state index in [1.165, 1.54) is 0 Å². The highest BCUT2D eigenvalue weighted by Crippen LogP contribution is 2.81. The number of rotatable bonds is 0. The van der Waals surface area contributed by atoms with E-state index in [4.69, 9.17) is 9.47 Å². The van der Waals surface area contributed by atoms with Gasteiger partial charge < -0.3 is 24.8 Å². The summed E-state index contributed by atoms with van der Waals surface area (Å²) >= 11 is 0. The molecule has 0 aromatic heterocycles. The van der Waals surface area contributed by atoms with Crippen LogP contribution in [0.4, 0.5) is 0 Å². The molecule has 4 aliphatic carbocycles. The number of aliphatic hydroxyl groups excluding tert-OH is 2. The number of Topliss-reactive ketones (excluding diaryl/α,β-unsaturated/α-hetero) is 1. The monoisotopic (exact) mass is 362 g/mol. The molecular formula is C20H26O6. The van der Waals surface area contributed by atoms with Gasteiger partial charge in [-0.25, -0.2) is 0 Å². The van der Waals surface area contributed by atoms with Crippen LogP contribution in [-0.4, -0.2) is 51.5 Å². The molecule has 8 fully saturated rings. The van der Waals surface area contributed by atoms with Gasteiger partial charge >= 0.3 is 0 Å². The van der Waals surface area contributed by atoms with Gasteiger partial charge in [0.25, 0.3) is 0 Å². The lowest BCUT2D eigenvalue weighted by Crippen LogP contribution is -2.91. The number of hydrogen-bond donors (Lipinski definition) is 3. The second kappa shape index (κ2) is 4.13. The molecule has 4 saturated heterocycles. The Balaban J connectivity index is 1.70. The van der Waals surface area contributed by atoms with Crippen molar-refractivity contribution in [2.24, 2.45) is 34.0 Å². The third-order valence-electron chi connectivity index (χ3n) is 9.04. The van der Waals surface area contributed by atoms with Gasteiger partial charge in [-0.3, -0.25) is 4.79 Å². The third kappa shape index (κ3) is 1.21. The summed E-state index contributed by atoms with van der Waals surface area (Å²) in [5.41, 5.74) is -1.95. The van der Waals surface area contributed by atoms with E-state index in [2.05, 4.69) is 20.4 Å². The van der Waals surface area contributed by atoms with Crippen LogP contribution >= 0.6 is 0 Å². The van der Waals surface area contributed by atoms with Crippen molar-refractivity contribution < 1.29 is 29.6 Å². The molecule has 2 spiro atoms. The quantitative estimate of drug-likeness (QED) is 0.550. The Labute approximate surface area is 152 Å². The minimum absolute atomic E-state index is 0.249. The van der Waals surface area contributed by atoms with Gasteiger partial charge in [-0.1, -0.05) is 26.8 Å². The van der Waals surface area contributed by atoms with Crippen LogP contribution in [0.15, 0.2) is 12.2 Å². The maximum atomic E-state index is 13.5. The second-order valence-corrected chi connectivity index (χ2v) is 10.2. The number of carbonyl (C=O) groups is 1. The van der Waals surface area contributed by atoms with Gasteiger partial charge in [-0.05, 0) is 30.3 Å². The first-order valence-corrected chi connectivity index (χ1v) is 9.79. The summed E-state index contributed by atoms with van der Waals surface area (Å²) in [5, 5.41) is 34.3. The first kappa shape index (κ1) is 16.2. The van der Waals surface area contributed by atoms with Crippen molar-refractivity contribution in [3.05, 3.63) is 12.2 Å². The van der Waals surface area contributed by atoms with Crippen molar-refractivity contribution in [2.45, 2.75) is 69.9 Å². The van der Waals surface area contributed by atoms with E-state index in [0.29, 0.717) is 12.0 Å². The molecule has 7 bridgehead atoms. The normalized spacial score (nSPS) is 64.0. The predicted molar refractivity (Wildman–Crippen MR) is 88.4 cm³/mol. The number of hydrogen-bond acceptors (Lipinski definition) is 6. The van der Waals surface area contributed by atoms with Crippen LogP contribution in [0.5, 0.6) is 0 Å². The smallest absolute Gasteiger partial charge is 0.211 e. The molecule has 0 radical (unpaired) electrons. The fraction of sp³-hybridized carbons (Fsp3) is 0.850. The van der Waals surface area contributed by atoms with Gasteiger partial charge in [0.15, 0.2) is 12.1 Å². The van der Waals surface area contributed by atoms with Crippen LogP contribution in [0.25, 0.3) is 0 Å². The zero-order valence-electron chi connectivity index (χ0n) is 15.1. The Morgan fingerprint density at radius 3 is 2.65 bits per heavy atom. The Morgan fingerprint density at radius 1 is 1.19 bits per heavy atom. The molecule has 2 unspecified atom stereocenters.